The number of benzene rings is 1. The molecule has 1 aromatic rings. The topological polar surface area (TPSA) is 60.9 Å². The molecule has 5 heteroatoms. The molecule has 0 bridgehead atoms. The van der Waals surface area contributed by atoms with E-state index in [9.17, 15) is 9.59 Å². The first-order valence-electron chi connectivity index (χ1n) is 6.07. The van der Waals surface area contributed by atoms with Crippen molar-refractivity contribution in [1.82, 2.24) is 9.80 Å². The van der Waals surface area contributed by atoms with E-state index in [-0.39, 0.29) is 12.3 Å². The number of hydrogen-bond donors (Lipinski definition) is 1. The van der Waals surface area contributed by atoms with E-state index in [4.69, 9.17) is 5.11 Å². The van der Waals surface area contributed by atoms with Crippen molar-refractivity contribution in [3.8, 4) is 0 Å². The third kappa shape index (κ3) is 5.09. The maximum absolute atomic E-state index is 11.6. The van der Waals surface area contributed by atoms with Gasteiger partial charge in [-0.25, -0.2) is 0 Å². The third-order valence-corrected chi connectivity index (χ3v) is 2.80. The van der Waals surface area contributed by atoms with Crippen LogP contribution in [-0.4, -0.2) is 54.5 Å². The highest BCUT2D eigenvalue weighted by atomic mass is 16.4. The molecule has 1 amide bonds. The predicted molar refractivity (Wildman–Crippen MR) is 72.8 cm³/mol. The van der Waals surface area contributed by atoms with Gasteiger partial charge in [0.2, 0.25) is 5.91 Å². The largest absolute Gasteiger partial charge is 0.481 e. The van der Waals surface area contributed by atoms with Crippen LogP contribution in [0.15, 0.2) is 24.3 Å². The van der Waals surface area contributed by atoms with Gasteiger partial charge in [-0.05, 0) is 18.2 Å². The molecule has 0 heterocycles. The van der Waals surface area contributed by atoms with Crippen LogP contribution in [0.2, 0.25) is 0 Å². The number of carbonyl (C=O) groups is 2. The molecule has 0 aliphatic heterocycles. The molecule has 19 heavy (non-hydrogen) atoms. The van der Waals surface area contributed by atoms with Gasteiger partial charge in [0.15, 0.2) is 0 Å². The number of carboxylic acid groups (broad SMARTS) is 1. The Kier molecular flexibility index (Phi) is 5.51. The Hall–Kier alpha value is -1.88. The minimum absolute atomic E-state index is 0.00560. The molecule has 1 rings (SSSR count). The highest BCUT2D eigenvalue weighted by Crippen LogP contribution is 2.12. The molecule has 0 aromatic heterocycles. The molecule has 1 N–H and O–H groups in total. The Morgan fingerprint density at radius 1 is 1.11 bits per heavy atom. The van der Waals surface area contributed by atoms with Crippen molar-refractivity contribution in [2.24, 2.45) is 0 Å². The molecule has 0 fully saturated rings. The molecule has 0 unspecified atom stereocenters. The SMILES string of the molecule is CN(CC(=O)N(C)C)Cc1ccccc1CC(=O)O. The van der Waals surface area contributed by atoms with E-state index in [1.165, 1.54) is 0 Å². The second-order valence-electron chi connectivity index (χ2n) is 4.80. The summed E-state index contributed by atoms with van der Waals surface area (Å²) in [6, 6.07) is 7.41. The quantitative estimate of drug-likeness (QED) is 0.827. The molecule has 0 saturated carbocycles. The van der Waals surface area contributed by atoms with E-state index in [2.05, 4.69) is 0 Å². The molecule has 1 aromatic carbocycles. The molecular formula is C14H20N2O3. The van der Waals surface area contributed by atoms with Crippen LogP contribution >= 0.6 is 0 Å². The minimum atomic E-state index is -0.848. The highest BCUT2D eigenvalue weighted by molar-refractivity contribution is 5.77. The van der Waals surface area contributed by atoms with Crippen LogP contribution in [0.5, 0.6) is 0 Å². The number of carbonyl (C=O) groups excluding carboxylic acids is 1. The van der Waals surface area contributed by atoms with E-state index in [1.54, 1.807) is 19.0 Å². The van der Waals surface area contributed by atoms with Gasteiger partial charge in [-0.3, -0.25) is 14.5 Å². The van der Waals surface area contributed by atoms with Crippen LogP contribution < -0.4 is 0 Å². The van der Waals surface area contributed by atoms with Crippen molar-refractivity contribution < 1.29 is 14.7 Å². The molecular weight excluding hydrogens is 244 g/mol. The lowest BCUT2D eigenvalue weighted by atomic mass is 10.0. The van der Waals surface area contributed by atoms with Gasteiger partial charge in [0.05, 0.1) is 13.0 Å². The molecule has 0 radical (unpaired) electrons. The number of carboxylic acids is 1. The zero-order valence-corrected chi connectivity index (χ0v) is 11.6. The fourth-order valence-electron chi connectivity index (χ4n) is 1.77. The first-order valence-corrected chi connectivity index (χ1v) is 6.07. The van der Waals surface area contributed by atoms with Gasteiger partial charge in [-0.2, -0.15) is 0 Å². The van der Waals surface area contributed by atoms with Crippen molar-refractivity contribution in [2.45, 2.75) is 13.0 Å². The second-order valence-corrected chi connectivity index (χ2v) is 4.80. The maximum Gasteiger partial charge on any atom is 0.307 e. The van der Waals surface area contributed by atoms with E-state index in [1.807, 2.05) is 36.2 Å². The monoisotopic (exact) mass is 264 g/mol. The lowest BCUT2D eigenvalue weighted by Crippen LogP contribution is -2.34. The van der Waals surface area contributed by atoms with Crippen LogP contribution in [0.4, 0.5) is 0 Å². The van der Waals surface area contributed by atoms with Crippen molar-refractivity contribution in [3.63, 3.8) is 0 Å². The number of rotatable bonds is 6. The second kappa shape index (κ2) is 6.89. The summed E-state index contributed by atoms with van der Waals surface area (Å²) in [5.41, 5.74) is 1.73. The minimum Gasteiger partial charge on any atom is -0.481 e. The molecule has 104 valence electrons. The Bertz CT molecular complexity index is 458. The predicted octanol–water partition coefficient (Wildman–Crippen LogP) is 0.834. The summed E-state index contributed by atoms with van der Waals surface area (Å²) in [7, 11) is 5.28. The molecule has 0 saturated heterocycles. The van der Waals surface area contributed by atoms with Crippen LogP contribution in [0.25, 0.3) is 0 Å². The van der Waals surface area contributed by atoms with Crippen molar-refractivity contribution in [2.75, 3.05) is 27.7 Å². The summed E-state index contributed by atoms with van der Waals surface area (Å²) in [6.45, 7) is 0.872. The average Bonchev–Trinajstić information content (AvgIpc) is 2.30. The summed E-state index contributed by atoms with van der Waals surface area (Å²) in [6.07, 6.45) is 0.00560. The number of likely N-dealkylation sites (N-methyl/N-ethyl adjacent to an activating group) is 2. The lowest BCUT2D eigenvalue weighted by Gasteiger charge is -2.20. The number of amides is 1. The van der Waals surface area contributed by atoms with Crippen LogP contribution in [-0.2, 0) is 22.6 Å². The standard InChI is InChI=1S/C14H20N2O3/c1-15(2)13(17)10-16(3)9-12-7-5-4-6-11(12)8-14(18)19/h4-7H,8-10H2,1-3H3,(H,18,19). The zero-order chi connectivity index (χ0) is 14.4. The Morgan fingerprint density at radius 3 is 2.21 bits per heavy atom. The van der Waals surface area contributed by atoms with Gasteiger partial charge >= 0.3 is 5.97 Å². The van der Waals surface area contributed by atoms with Gasteiger partial charge in [0.1, 0.15) is 0 Å². The highest BCUT2D eigenvalue weighted by Gasteiger charge is 2.11. The summed E-state index contributed by atoms with van der Waals surface area (Å²) >= 11 is 0. The molecule has 5 nitrogen and oxygen atoms in total. The van der Waals surface area contributed by atoms with E-state index in [0.29, 0.717) is 13.1 Å². The van der Waals surface area contributed by atoms with Gasteiger partial charge < -0.3 is 10.0 Å². The van der Waals surface area contributed by atoms with E-state index >= 15 is 0 Å². The Balaban J connectivity index is 2.70. The molecule has 0 aliphatic rings. The Labute approximate surface area is 113 Å². The summed E-state index contributed by atoms with van der Waals surface area (Å²) in [5, 5.41) is 8.87. The van der Waals surface area contributed by atoms with Crippen LogP contribution in [0.3, 0.4) is 0 Å². The van der Waals surface area contributed by atoms with Crippen molar-refractivity contribution in [3.05, 3.63) is 35.4 Å². The van der Waals surface area contributed by atoms with Crippen LogP contribution in [0, 0.1) is 0 Å². The molecule has 0 atom stereocenters. The molecule has 0 spiro atoms. The number of aliphatic carboxylic acids is 1. The Morgan fingerprint density at radius 2 is 1.68 bits per heavy atom. The van der Waals surface area contributed by atoms with Gasteiger partial charge in [-0.1, -0.05) is 24.3 Å². The normalized spacial score (nSPS) is 10.5. The summed E-state index contributed by atoms with van der Waals surface area (Å²) in [5.74, 6) is -0.822. The van der Waals surface area contributed by atoms with E-state index in [0.717, 1.165) is 11.1 Å². The fourth-order valence-corrected chi connectivity index (χ4v) is 1.77. The van der Waals surface area contributed by atoms with Crippen molar-refractivity contribution in [1.29, 1.82) is 0 Å². The number of hydrogen-bond acceptors (Lipinski definition) is 3. The smallest absolute Gasteiger partial charge is 0.307 e. The van der Waals surface area contributed by atoms with Gasteiger partial charge in [0, 0.05) is 20.6 Å². The third-order valence-electron chi connectivity index (χ3n) is 2.80. The first-order chi connectivity index (χ1) is 8.90. The average molecular weight is 264 g/mol. The summed E-state index contributed by atoms with van der Waals surface area (Å²) in [4.78, 5) is 25.8. The molecule has 0 aliphatic carbocycles. The van der Waals surface area contributed by atoms with E-state index < -0.39 is 5.97 Å². The maximum atomic E-state index is 11.6. The fraction of sp³-hybridized carbons (Fsp3) is 0.429. The van der Waals surface area contributed by atoms with Crippen LogP contribution in [0.1, 0.15) is 11.1 Å². The van der Waals surface area contributed by atoms with Gasteiger partial charge in [-0.15, -0.1) is 0 Å². The lowest BCUT2D eigenvalue weighted by molar-refractivity contribution is -0.136. The first kappa shape index (κ1) is 15.2. The summed E-state index contributed by atoms with van der Waals surface area (Å²) < 4.78 is 0. The zero-order valence-electron chi connectivity index (χ0n) is 11.6. The number of nitrogens with zero attached hydrogens (tertiary/aromatic N) is 2. The van der Waals surface area contributed by atoms with Crippen molar-refractivity contribution >= 4 is 11.9 Å². The van der Waals surface area contributed by atoms with Gasteiger partial charge in [0.25, 0.3) is 0 Å².